The lowest BCUT2D eigenvalue weighted by Crippen LogP contribution is -2.42. The van der Waals surface area contributed by atoms with E-state index in [2.05, 4.69) is 34.6 Å². The second kappa shape index (κ2) is 8.12. The number of benzene rings is 1. The molecule has 1 heterocycles. The van der Waals surface area contributed by atoms with Crippen molar-refractivity contribution in [2.24, 2.45) is 0 Å². The number of hydrogen-bond acceptors (Lipinski definition) is 3. The molecule has 5 heteroatoms. The van der Waals surface area contributed by atoms with Gasteiger partial charge in [0.05, 0.1) is 6.54 Å². The molecule has 0 fully saturated rings. The molecule has 1 aromatic rings. The fourth-order valence-corrected chi connectivity index (χ4v) is 2.29. The number of carbonyl (C=O) groups excluding carboxylic acids is 1. The van der Waals surface area contributed by atoms with E-state index in [-0.39, 0.29) is 24.4 Å². The van der Waals surface area contributed by atoms with E-state index in [0.717, 1.165) is 26.1 Å². The van der Waals surface area contributed by atoms with Crippen molar-refractivity contribution in [1.82, 2.24) is 10.6 Å². The summed E-state index contributed by atoms with van der Waals surface area (Å²) in [7, 11) is 0. The highest BCUT2D eigenvalue weighted by Gasteiger charge is 2.17. The van der Waals surface area contributed by atoms with Crippen LogP contribution in [-0.4, -0.2) is 31.6 Å². The standard InChI is InChI=1S/C15H23N3O.ClH/c1-3-12(2)17-15(19)11-18-9-8-16-10-13-6-4-5-7-14(13)18;/h4-7,12,16H,3,8-11H2,1-2H3,(H,17,19);1H. The Morgan fingerprint density at radius 1 is 1.45 bits per heavy atom. The second-order valence-electron chi connectivity index (χ2n) is 5.10. The molecule has 0 radical (unpaired) electrons. The normalized spacial score (nSPS) is 15.6. The van der Waals surface area contributed by atoms with Gasteiger partial charge in [0.15, 0.2) is 0 Å². The van der Waals surface area contributed by atoms with E-state index < -0.39 is 0 Å². The number of hydrogen-bond donors (Lipinski definition) is 2. The van der Waals surface area contributed by atoms with E-state index in [9.17, 15) is 4.79 Å². The van der Waals surface area contributed by atoms with Crippen LogP contribution >= 0.6 is 12.4 Å². The number of anilines is 1. The summed E-state index contributed by atoms with van der Waals surface area (Å²) in [5.74, 6) is 0.103. The third kappa shape index (κ3) is 4.39. The Hall–Kier alpha value is -1.26. The Bertz CT molecular complexity index is 439. The molecule has 1 atom stereocenters. The zero-order valence-electron chi connectivity index (χ0n) is 12.2. The third-order valence-electron chi connectivity index (χ3n) is 3.56. The SMILES string of the molecule is CCC(C)NC(=O)CN1CCNCc2ccccc21.Cl. The summed E-state index contributed by atoms with van der Waals surface area (Å²) in [6.45, 7) is 7.20. The van der Waals surface area contributed by atoms with Gasteiger partial charge in [0, 0.05) is 31.4 Å². The van der Waals surface area contributed by atoms with Crippen LogP contribution < -0.4 is 15.5 Å². The van der Waals surface area contributed by atoms with Crippen molar-refractivity contribution in [2.45, 2.75) is 32.9 Å². The zero-order chi connectivity index (χ0) is 13.7. The molecular weight excluding hydrogens is 274 g/mol. The van der Waals surface area contributed by atoms with Crippen LogP contribution in [-0.2, 0) is 11.3 Å². The number of nitrogens with zero attached hydrogens (tertiary/aromatic N) is 1. The number of nitrogens with one attached hydrogen (secondary N) is 2. The molecule has 2 rings (SSSR count). The van der Waals surface area contributed by atoms with Crippen molar-refractivity contribution in [2.75, 3.05) is 24.5 Å². The second-order valence-corrected chi connectivity index (χ2v) is 5.10. The zero-order valence-corrected chi connectivity index (χ0v) is 13.0. The molecule has 0 bridgehead atoms. The van der Waals surface area contributed by atoms with Gasteiger partial charge >= 0.3 is 0 Å². The molecule has 112 valence electrons. The molecular formula is C15H24ClN3O. The van der Waals surface area contributed by atoms with Gasteiger partial charge in [0.25, 0.3) is 0 Å². The van der Waals surface area contributed by atoms with E-state index >= 15 is 0 Å². The highest BCUT2D eigenvalue weighted by molar-refractivity contribution is 5.85. The average Bonchev–Trinajstić information content (AvgIpc) is 2.61. The summed E-state index contributed by atoms with van der Waals surface area (Å²) in [4.78, 5) is 14.2. The van der Waals surface area contributed by atoms with Crippen LogP contribution in [0.25, 0.3) is 0 Å². The molecule has 0 saturated heterocycles. The Morgan fingerprint density at radius 3 is 2.95 bits per heavy atom. The number of halogens is 1. The quantitative estimate of drug-likeness (QED) is 0.893. The largest absolute Gasteiger partial charge is 0.361 e. The molecule has 0 aromatic heterocycles. The fourth-order valence-electron chi connectivity index (χ4n) is 2.29. The molecule has 1 amide bonds. The summed E-state index contributed by atoms with van der Waals surface area (Å²) in [6, 6.07) is 8.53. The fraction of sp³-hybridized carbons (Fsp3) is 0.533. The lowest BCUT2D eigenvalue weighted by Gasteiger charge is -2.24. The van der Waals surface area contributed by atoms with E-state index in [1.165, 1.54) is 11.3 Å². The Labute approximate surface area is 127 Å². The van der Waals surface area contributed by atoms with E-state index in [0.29, 0.717) is 6.54 Å². The van der Waals surface area contributed by atoms with Crippen LogP contribution in [0.1, 0.15) is 25.8 Å². The van der Waals surface area contributed by atoms with Crippen molar-refractivity contribution < 1.29 is 4.79 Å². The van der Waals surface area contributed by atoms with Crippen LogP contribution in [0.15, 0.2) is 24.3 Å². The van der Waals surface area contributed by atoms with Gasteiger partial charge in [-0.3, -0.25) is 4.79 Å². The molecule has 1 unspecified atom stereocenters. The topological polar surface area (TPSA) is 44.4 Å². The van der Waals surface area contributed by atoms with Crippen molar-refractivity contribution in [3.63, 3.8) is 0 Å². The molecule has 4 nitrogen and oxygen atoms in total. The van der Waals surface area contributed by atoms with Crippen LogP contribution in [0, 0.1) is 0 Å². The van der Waals surface area contributed by atoms with Crippen LogP contribution in [0.2, 0.25) is 0 Å². The monoisotopic (exact) mass is 297 g/mol. The molecule has 1 aliphatic rings. The smallest absolute Gasteiger partial charge is 0.239 e. The van der Waals surface area contributed by atoms with Gasteiger partial charge in [0.1, 0.15) is 0 Å². The molecule has 0 spiro atoms. The van der Waals surface area contributed by atoms with Crippen LogP contribution in [0.3, 0.4) is 0 Å². The highest BCUT2D eigenvalue weighted by Crippen LogP contribution is 2.21. The van der Waals surface area contributed by atoms with Gasteiger partial charge in [0.2, 0.25) is 5.91 Å². The molecule has 0 saturated carbocycles. The molecule has 0 aliphatic carbocycles. The van der Waals surface area contributed by atoms with E-state index in [4.69, 9.17) is 0 Å². The van der Waals surface area contributed by atoms with Gasteiger partial charge in [-0.15, -0.1) is 12.4 Å². The Morgan fingerprint density at radius 2 is 2.20 bits per heavy atom. The first-order valence-corrected chi connectivity index (χ1v) is 7.03. The van der Waals surface area contributed by atoms with Crippen LogP contribution in [0.5, 0.6) is 0 Å². The predicted octanol–water partition coefficient (Wildman–Crippen LogP) is 1.93. The van der Waals surface area contributed by atoms with Crippen molar-refractivity contribution >= 4 is 24.0 Å². The number of para-hydroxylation sites is 1. The minimum atomic E-state index is 0. The molecule has 1 aliphatic heterocycles. The maximum absolute atomic E-state index is 12.0. The molecule has 20 heavy (non-hydrogen) atoms. The Balaban J connectivity index is 0.00000200. The number of amides is 1. The minimum Gasteiger partial charge on any atom is -0.361 e. The van der Waals surface area contributed by atoms with Gasteiger partial charge in [-0.05, 0) is 25.0 Å². The first kappa shape index (κ1) is 16.8. The third-order valence-corrected chi connectivity index (χ3v) is 3.56. The summed E-state index contributed by atoms with van der Waals surface area (Å²) >= 11 is 0. The summed E-state index contributed by atoms with van der Waals surface area (Å²) in [6.07, 6.45) is 0.962. The maximum Gasteiger partial charge on any atom is 0.239 e. The number of fused-ring (bicyclic) bond motifs is 1. The van der Waals surface area contributed by atoms with Crippen molar-refractivity contribution in [3.8, 4) is 0 Å². The van der Waals surface area contributed by atoms with E-state index in [1.54, 1.807) is 0 Å². The van der Waals surface area contributed by atoms with Gasteiger partial charge in [-0.1, -0.05) is 25.1 Å². The number of carbonyl (C=O) groups is 1. The van der Waals surface area contributed by atoms with Gasteiger partial charge in [-0.2, -0.15) is 0 Å². The van der Waals surface area contributed by atoms with E-state index in [1.807, 2.05) is 19.1 Å². The lowest BCUT2D eigenvalue weighted by atomic mass is 10.1. The molecule has 2 N–H and O–H groups in total. The summed E-state index contributed by atoms with van der Waals surface area (Å²) < 4.78 is 0. The first-order valence-electron chi connectivity index (χ1n) is 7.03. The average molecular weight is 298 g/mol. The van der Waals surface area contributed by atoms with Crippen LogP contribution in [0.4, 0.5) is 5.69 Å². The number of rotatable bonds is 4. The Kier molecular flexibility index (Phi) is 6.82. The predicted molar refractivity (Wildman–Crippen MR) is 85.5 cm³/mol. The molecule has 1 aromatic carbocycles. The van der Waals surface area contributed by atoms with Gasteiger partial charge < -0.3 is 15.5 Å². The van der Waals surface area contributed by atoms with Gasteiger partial charge in [-0.25, -0.2) is 0 Å². The van der Waals surface area contributed by atoms with Crippen molar-refractivity contribution in [1.29, 1.82) is 0 Å². The first-order chi connectivity index (χ1) is 9.20. The van der Waals surface area contributed by atoms with Crippen molar-refractivity contribution in [3.05, 3.63) is 29.8 Å². The highest BCUT2D eigenvalue weighted by atomic mass is 35.5. The summed E-state index contributed by atoms with van der Waals surface area (Å²) in [5, 5.41) is 6.41. The minimum absolute atomic E-state index is 0. The summed E-state index contributed by atoms with van der Waals surface area (Å²) in [5.41, 5.74) is 2.43. The maximum atomic E-state index is 12.0. The lowest BCUT2D eigenvalue weighted by molar-refractivity contribution is -0.120.